The highest BCUT2D eigenvalue weighted by Crippen LogP contribution is 2.35. The van der Waals surface area contributed by atoms with Crippen molar-refractivity contribution in [2.45, 2.75) is 18.9 Å². The Labute approximate surface area is 113 Å². The van der Waals surface area contributed by atoms with Crippen molar-refractivity contribution in [1.29, 1.82) is 0 Å². The Kier molecular flexibility index (Phi) is 3.51. The second-order valence-electron chi connectivity index (χ2n) is 5.01. The summed E-state index contributed by atoms with van der Waals surface area (Å²) in [6.07, 6.45) is 6.35. The molecular formula is C15H19N3O. The average Bonchev–Trinajstić information content (AvgIpc) is 3.14. The van der Waals surface area contributed by atoms with Crippen LogP contribution in [0.2, 0.25) is 0 Å². The highest BCUT2D eigenvalue weighted by atomic mass is 16.5. The molecule has 4 nitrogen and oxygen atoms in total. The Morgan fingerprint density at radius 2 is 2.21 bits per heavy atom. The van der Waals surface area contributed by atoms with Gasteiger partial charge in [0.1, 0.15) is 0 Å². The molecule has 1 saturated carbocycles. The molecule has 0 bridgehead atoms. The normalized spacial score (nSPS) is 16.3. The van der Waals surface area contributed by atoms with E-state index in [9.17, 15) is 0 Å². The number of methoxy groups -OCH3 is 1. The van der Waals surface area contributed by atoms with Gasteiger partial charge in [-0.3, -0.25) is 0 Å². The summed E-state index contributed by atoms with van der Waals surface area (Å²) in [5, 5.41) is 7.92. The quantitative estimate of drug-likeness (QED) is 0.864. The lowest BCUT2D eigenvalue weighted by molar-refractivity contribution is 0.179. The maximum atomic E-state index is 5.32. The predicted molar refractivity (Wildman–Crippen MR) is 75.6 cm³/mol. The van der Waals surface area contributed by atoms with Crippen molar-refractivity contribution in [1.82, 2.24) is 9.78 Å². The van der Waals surface area contributed by atoms with Crippen molar-refractivity contribution in [2.24, 2.45) is 5.92 Å². The molecule has 2 aromatic rings. The first-order chi connectivity index (χ1) is 9.38. The van der Waals surface area contributed by atoms with Crippen LogP contribution in [0.5, 0.6) is 0 Å². The molecule has 1 fully saturated rings. The molecule has 1 aromatic carbocycles. The third-order valence-corrected chi connectivity index (χ3v) is 3.53. The number of nitrogens with one attached hydrogen (secondary N) is 1. The van der Waals surface area contributed by atoms with Gasteiger partial charge in [-0.15, -0.1) is 0 Å². The van der Waals surface area contributed by atoms with Crippen molar-refractivity contribution in [2.75, 3.05) is 19.0 Å². The standard InChI is InChI=1S/C15H19N3O/c1-19-11-14(12-7-8-12)17-13-5-2-3-6-15(13)18-10-4-9-16-18/h2-6,9-10,12,14,17H,7-8,11H2,1H3. The Balaban J connectivity index is 1.83. The summed E-state index contributed by atoms with van der Waals surface area (Å²) >= 11 is 0. The Bertz CT molecular complexity index is 520. The summed E-state index contributed by atoms with van der Waals surface area (Å²) in [4.78, 5) is 0. The van der Waals surface area contributed by atoms with Crippen LogP contribution in [0.15, 0.2) is 42.7 Å². The molecule has 0 radical (unpaired) electrons. The van der Waals surface area contributed by atoms with Gasteiger partial charge < -0.3 is 10.1 Å². The van der Waals surface area contributed by atoms with E-state index in [0.717, 1.165) is 23.9 Å². The lowest BCUT2D eigenvalue weighted by Gasteiger charge is -2.20. The van der Waals surface area contributed by atoms with Crippen molar-refractivity contribution < 1.29 is 4.74 Å². The van der Waals surface area contributed by atoms with Gasteiger partial charge in [0, 0.05) is 19.5 Å². The fourth-order valence-electron chi connectivity index (χ4n) is 2.38. The second-order valence-corrected chi connectivity index (χ2v) is 5.01. The van der Waals surface area contributed by atoms with E-state index in [-0.39, 0.29) is 0 Å². The molecule has 1 heterocycles. The van der Waals surface area contributed by atoms with Crippen LogP contribution in [0, 0.1) is 5.92 Å². The van der Waals surface area contributed by atoms with Gasteiger partial charge in [0.25, 0.3) is 0 Å². The van der Waals surface area contributed by atoms with Gasteiger partial charge in [0.2, 0.25) is 0 Å². The average molecular weight is 257 g/mol. The smallest absolute Gasteiger partial charge is 0.0876 e. The zero-order chi connectivity index (χ0) is 13.1. The molecule has 100 valence electrons. The van der Waals surface area contributed by atoms with Crippen molar-refractivity contribution in [3.05, 3.63) is 42.7 Å². The highest BCUT2D eigenvalue weighted by Gasteiger charge is 2.31. The van der Waals surface area contributed by atoms with Crippen LogP contribution in [-0.2, 0) is 4.74 Å². The lowest BCUT2D eigenvalue weighted by Crippen LogP contribution is -2.27. The molecule has 3 rings (SSSR count). The SMILES string of the molecule is COCC(Nc1ccccc1-n1cccn1)C1CC1. The summed E-state index contributed by atoms with van der Waals surface area (Å²) in [7, 11) is 1.76. The van der Waals surface area contributed by atoms with E-state index in [1.54, 1.807) is 13.3 Å². The van der Waals surface area contributed by atoms with Crippen molar-refractivity contribution in [3.63, 3.8) is 0 Å². The molecule has 0 aliphatic heterocycles. The Morgan fingerprint density at radius 3 is 2.89 bits per heavy atom. The number of hydrogen-bond acceptors (Lipinski definition) is 3. The first-order valence-electron chi connectivity index (χ1n) is 6.73. The van der Waals surface area contributed by atoms with Crippen molar-refractivity contribution in [3.8, 4) is 5.69 Å². The number of benzene rings is 1. The van der Waals surface area contributed by atoms with E-state index in [0.29, 0.717) is 6.04 Å². The fourth-order valence-corrected chi connectivity index (χ4v) is 2.38. The molecule has 1 unspecified atom stereocenters. The van der Waals surface area contributed by atoms with E-state index in [1.165, 1.54) is 12.8 Å². The van der Waals surface area contributed by atoms with Crippen LogP contribution < -0.4 is 5.32 Å². The van der Waals surface area contributed by atoms with Crippen LogP contribution in [-0.4, -0.2) is 29.5 Å². The maximum absolute atomic E-state index is 5.32. The molecule has 0 amide bonds. The van der Waals surface area contributed by atoms with Gasteiger partial charge in [0.05, 0.1) is 24.0 Å². The number of hydrogen-bond donors (Lipinski definition) is 1. The number of anilines is 1. The van der Waals surface area contributed by atoms with Gasteiger partial charge in [-0.2, -0.15) is 5.10 Å². The van der Waals surface area contributed by atoms with E-state index in [1.807, 2.05) is 29.1 Å². The molecule has 1 aliphatic rings. The minimum atomic E-state index is 0.390. The summed E-state index contributed by atoms with van der Waals surface area (Å²) < 4.78 is 7.21. The molecule has 0 spiro atoms. The van der Waals surface area contributed by atoms with Gasteiger partial charge in [-0.25, -0.2) is 4.68 Å². The zero-order valence-electron chi connectivity index (χ0n) is 11.1. The number of nitrogens with zero attached hydrogens (tertiary/aromatic N) is 2. The van der Waals surface area contributed by atoms with Gasteiger partial charge >= 0.3 is 0 Å². The zero-order valence-corrected chi connectivity index (χ0v) is 11.1. The molecule has 1 aromatic heterocycles. The summed E-state index contributed by atoms with van der Waals surface area (Å²) in [6.45, 7) is 0.748. The van der Waals surface area contributed by atoms with E-state index >= 15 is 0 Å². The largest absolute Gasteiger partial charge is 0.383 e. The molecular weight excluding hydrogens is 238 g/mol. The number of aromatic nitrogens is 2. The maximum Gasteiger partial charge on any atom is 0.0876 e. The number of para-hydroxylation sites is 2. The molecule has 4 heteroatoms. The van der Waals surface area contributed by atoms with Crippen LogP contribution in [0.1, 0.15) is 12.8 Å². The third kappa shape index (κ3) is 2.79. The Morgan fingerprint density at radius 1 is 1.37 bits per heavy atom. The van der Waals surface area contributed by atoms with Crippen LogP contribution in [0.25, 0.3) is 5.69 Å². The Hall–Kier alpha value is -1.81. The van der Waals surface area contributed by atoms with Crippen LogP contribution in [0.3, 0.4) is 0 Å². The fraction of sp³-hybridized carbons (Fsp3) is 0.400. The predicted octanol–water partition coefficient (Wildman–Crippen LogP) is 2.71. The van der Waals surface area contributed by atoms with Gasteiger partial charge in [-0.1, -0.05) is 12.1 Å². The molecule has 1 atom stereocenters. The molecule has 1 N–H and O–H groups in total. The van der Waals surface area contributed by atoms with Crippen molar-refractivity contribution >= 4 is 5.69 Å². The van der Waals surface area contributed by atoms with Gasteiger partial charge in [0.15, 0.2) is 0 Å². The minimum Gasteiger partial charge on any atom is -0.383 e. The monoisotopic (exact) mass is 257 g/mol. The van der Waals surface area contributed by atoms with Crippen LogP contribution >= 0.6 is 0 Å². The molecule has 0 saturated heterocycles. The van der Waals surface area contributed by atoms with Crippen LogP contribution in [0.4, 0.5) is 5.69 Å². The van der Waals surface area contributed by atoms with E-state index < -0.39 is 0 Å². The minimum absolute atomic E-state index is 0.390. The van der Waals surface area contributed by atoms with E-state index in [2.05, 4.69) is 22.5 Å². The second kappa shape index (κ2) is 5.45. The molecule has 19 heavy (non-hydrogen) atoms. The van der Waals surface area contributed by atoms with Gasteiger partial charge in [-0.05, 0) is 37.0 Å². The number of ether oxygens (including phenoxy) is 1. The first kappa shape index (κ1) is 12.2. The lowest BCUT2D eigenvalue weighted by atomic mass is 10.1. The summed E-state index contributed by atoms with van der Waals surface area (Å²) in [5.41, 5.74) is 2.19. The third-order valence-electron chi connectivity index (χ3n) is 3.53. The first-order valence-corrected chi connectivity index (χ1v) is 6.73. The summed E-state index contributed by atoms with van der Waals surface area (Å²) in [6, 6.07) is 10.6. The molecule has 1 aliphatic carbocycles. The number of rotatable bonds is 6. The highest BCUT2D eigenvalue weighted by molar-refractivity contribution is 5.61. The summed E-state index contributed by atoms with van der Waals surface area (Å²) in [5.74, 6) is 0.741. The van der Waals surface area contributed by atoms with E-state index in [4.69, 9.17) is 4.74 Å². The topological polar surface area (TPSA) is 39.1 Å².